The van der Waals surface area contributed by atoms with Crippen LogP contribution >= 0.6 is 12.8 Å². The molecule has 17 heavy (non-hydrogen) atoms. The summed E-state index contributed by atoms with van der Waals surface area (Å²) in [7, 11) is 0. The van der Waals surface area contributed by atoms with Gasteiger partial charge in [0.25, 0.3) is 0 Å². The second-order valence-electron chi connectivity index (χ2n) is 3.27. The van der Waals surface area contributed by atoms with E-state index in [1.165, 1.54) is 0 Å². The van der Waals surface area contributed by atoms with Gasteiger partial charge in [0.05, 0.1) is 18.4 Å². The van der Waals surface area contributed by atoms with Crippen molar-refractivity contribution >= 4 is 24.7 Å². The number of nitrogens with zero attached hydrogens (tertiary/aromatic N) is 2. The van der Waals surface area contributed by atoms with Crippen molar-refractivity contribution in [1.82, 2.24) is 19.7 Å². The topological polar surface area (TPSA) is 82.7 Å². The maximum atomic E-state index is 11.0. The molecule has 7 heteroatoms. The molecule has 0 fully saturated rings. The Kier molecular flexibility index (Phi) is 3.61. The van der Waals surface area contributed by atoms with Crippen LogP contribution in [0.15, 0.2) is 30.7 Å². The first kappa shape index (κ1) is 11.5. The molecule has 0 atom stereocenters. The fourth-order valence-corrected chi connectivity index (χ4v) is 1.37. The Hall–Kier alpha value is -2.02. The highest BCUT2D eigenvalue weighted by molar-refractivity contribution is 7.78. The van der Waals surface area contributed by atoms with E-state index in [9.17, 15) is 4.79 Å². The van der Waals surface area contributed by atoms with Crippen LogP contribution in [0.25, 0.3) is 11.3 Å². The first-order valence-electron chi connectivity index (χ1n) is 4.92. The summed E-state index contributed by atoms with van der Waals surface area (Å²) in [4.78, 5) is 22.1. The Morgan fingerprint density at radius 3 is 2.88 bits per heavy atom. The van der Waals surface area contributed by atoms with Gasteiger partial charge in [0, 0.05) is 18.0 Å². The van der Waals surface area contributed by atoms with E-state index in [1.54, 1.807) is 18.6 Å². The molecular formula is C10H11N5OS. The van der Waals surface area contributed by atoms with Crippen LogP contribution in [0.4, 0.5) is 5.95 Å². The van der Waals surface area contributed by atoms with Gasteiger partial charge in [0.15, 0.2) is 0 Å². The highest BCUT2D eigenvalue weighted by Gasteiger charge is 2.04. The largest absolute Gasteiger partial charge is 0.347 e. The Bertz CT molecular complexity index is 498. The van der Waals surface area contributed by atoms with Crippen molar-refractivity contribution in [1.29, 1.82) is 0 Å². The quantitative estimate of drug-likeness (QED) is 0.605. The monoisotopic (exact) mass is 249 g/mol. The summed E-state index contributed by atoms with van der Waals surface area (Å²) in [5.41, 5.74) is 1.85. The molecule has 0 aromatic carbocycles. The van der Waals surface area contributed by atoms with Gasteiger partial charge < -0.3 is 15.0 Å². The third-order valence-electron chi connectivity index (χ3n) is 2.11. The molecule has 0 radical (unpaired) electrons. The molecule has 0 aliphatic heterocycles. The molecule has 0 spiro atoms. The van der Waals surface area contributed by atoms with Crippen molar-refractivity contribution in [3.05, 3.63) is 30.7 Å². The van der Waals surface area contributed by atoms with E-state index >= 15 is 0 Å². The number of imidazole rings is 1. The van der Waals surface area contributed by atoms with Crippen LogP contribution in [-0.2, 0) is 4.79 Å². The molecule has 0 saturated heterocycles. The third kappa shape index (κ3) is 2.97. The van der Waals surface area contributed by atoms with Gasteiger partial charge in [-0.1, -0.05) is 12.8 Å². The van der Waals surface area contributed by atoms with Crippen molar-refractivity contribution in [2.75, 3.05) is 11.9 Å². The molecule has 6 nitrogen and oxygen atoms in total. The van der Waals surface area contributed by atoms with Crippen molar-refractivity contribution in [2.45, 2.75) is 0 Å². The molecule has 2 heterocycles. The predicted molar refractivity (Wildman–Crippen MR) is 67.4 cm³/mol. The van der Waals surface area contributed by atoms with Gasteiger partial charge in [-0.05, 0) is 12.1 Å². The zero-order chi connectivity index (χ0) is 12.1. The lowest BCUT2D eigenvalue weighted by atomic mass is 10.2. The molecule has 2 aromatic heterocycles. The van der Waals surface area contributed by atoms with Crippen molar-refractivity contribution in [3.63, 3.8) is 0 Å². The highest BCUT2D eigenvalue weighted by atomic mass is 32.1. The SMILES string of the molecule is O=C(CNc1ncc(-c2ccncc2)[nH]1)NS. The van der Waals surface area contributed by atoms with E-state index in [2.05, 4.69) is 37.8 Å². The number of rotatable bonds is 4. The molecule has 2 aromatic rings. The van der Waals surface area contributed by atoms with Crippen LogP contribution in [0.1, 0.15) is 0 Å². The van der Waals surface area contributed by atoms with E-state index in [1.807, 2.05) is 12.1 Å². The summed E-state index contributed by atoms with van der Waals surface area (Å²) in [6.45, 7) is 0.118. The highest BCUT2D eigenvalue weighted by Crippen LogP contribution is 2.16. The van der Waals surface area contributed by atoms with E-state index in [0.29, 0.717) is 5.95 Å². The second-order valence-corrected chi connectivity index (χ2v) is 3.49. The standard InChI is InChI=1S/C10H11N5OS/c16-9(15-17)6-13-10-12-5-8(14-10)7-1-3-11-4-2-7/h1-5,17H,6H2,(H,15,16)(H2,12,13,14). The van der Waals surface area contributed by atoms with Gasteiger partial charge in [-0.3, -0.25) is 9.78 Å². The minimum Gasteiger partial charge on any atom is -0.347 e. The van der Waals surface area contributed by atoms with Crippen LogP contribution in [0.5, 0.6) is 0 Å². The predicted octanol–water partition coefficient (Wildman–Crippen LogP) is 0.845. The normalized spacial score (nSPS) is 9.94. The number of carbonyl (C=O) groups excluding carboxylic acids is 1. The van der Waals surface area contributed by atoms with Crippen LogP contribution in [0, 0.1) is 0 Å². The van der Waals surface area contributed by atoms with E-state index in [-0.39, 0.29) is 12.5 Å². The van der Waals surface area contributed by atoms with Crippen molar-refractivity contribution in [3.8, 4) is 11.3 Å². The lowest BCUT2D eigenvalue weighted by molar-refractivity contribution is -0.117. The van der Waals surface area contributed by atoms with Crippen LogP contribution in [0.3, 0.4) is 0 Å². The number of pyridine rings is 1. The summed E-state index contributed by atoms with van der Waals surface area (Å²) in [5.74, 6) is 0.309. The maximum Gasteiger partial charge on any atom is 0.249 e. The lowest BCUT2D eigenvalue weighted by Crippen LogP contribution is -2.23. The Morgan fingerprint density at radius 2 is 2.18 bits per heavy atom. The van der Waals surface area contributed by atoms with E-state index in [0.717, 1.165) is 11.3 Å². The number of nitrogens with one attached hydrogen (secondary N) is 3. The number of thiol groups is 1. The molecule has 3 N–H and O–H groups in total. The van der Waals surface area contributed by atoms with Crippen LogP contribution < -0.4 is 10.0 Å². The first-order valence-corrected chi connectivity index (χ1v) is 5.36. The van der Waals surface area contributed by atoms with Gasteiger partial charge in [-0.15, -0.1) is 0 Å². The van der Waals surface area contributed by atoms with Gasteiger partial charge >= 0.3 is 0 Å². The van der Waals surface area contributed by atoms with E-state index < -0.39 is 0 Å². The zero-order valence-corrected chi connectivity index (χ0v) is 9.74. The molecule has 1 amide bonds. The Morgan fingerprint density at radius 1 is 1.41 bits per heavy atom. The van der Waals surface area contributed by atoms with Crippen LogP contribution in [-0.4, -0.2) is 27.4 Å². The number of anilines is 1. The minimum absolute atomic E-state index is 0.118. The smallest absolute Gasteiger partial charge is 0.249 e. The number of H-pyrrole nitrogens is 1. The summed E-state index contributed by atoms with van der Waals surface area (Å²) < 4.78 is 2.22. The molecule has 0 bridgehead atoms. The van der Waals surface area contributed by atoms with Gasteiger partial charge in [0.2, 0.25) is 11.9 Å². The van der Waals surface area contributed by atoms with Crippen LogP contribution in [0.2, 0.25) is 0 Å². The average Bonchev–Trinajstić information content (AvgIpc) is 2.86. The van der Waals surface area contributed by atoms with Crippen molar-refractivity contribution in [2.24, 2.45) is 0 Å². The number of aromatic amines is 1. The summed E-state index contributed by atoms with van der Waals surface area (Å²) in [6, 6.07) is 3.75. The molecule has 0 unspecified atom stereocenters. The zero-order valence-electron chi connectivity index (χ0n) is 8.84. The fraction of sp³-hybridized carbons (Fsp3) is 0.100. The fourth-order valence-electron chi connectivity index (χ4n) is 1.29. The second kappa shape index (κ2) is 5.35. The van der Waals surface area contributed by atoms with Gasteiger partial charge in [0.1, 0.15) is 0 Å². The average molecular weight is 249 g/mol. The van der Waals surface area contributed by atoms with Gasteiger partial charge in [-0.25, -0.2) is 4.98 Å². The van der Waals surface area contributed by atoms with Gasteiger partial charge in [-0.2, -0.15) is 0 Å². The Labute approximate surface area is 103 Å². The third-order valence-corrected chi connectivity index (χ3v) is 2.36. The van der Waals surface area contributed by atoms with Crippen molar-refractivity contribution < 1.29 is 4.79 Å². The molecule has 0 saturated carbocycles. The molecule has 0 aliphatic carbocycles. The molecular weight excluding hydrogens is 238 g/mol. The number of carbonyl (C=O) groups is 1. The number of hydrogen-bond donors (Lipinski definition) is 4. The van der Waals surface area contributed by atoms with E-state index in [4.69, 9.17) is 0 Å². The minimum atomic E-state index is -0.227. The molecule has 2 rings (SSSR count). The number of hydrogen-bond acceptors (Lipinski definition) is 5. The number of amides is 1. The number of aromatic nitrogens is 3. The molecule has 88 valence electrons. The lowest BCUT2D eigenvalue weighted by Gasteiger charge is -2.00. The maximum absolute atomic E-state index is 11.0. The summed E-state index contributed by atoms with van der Waals surface area (Å²) in [5, 5.41) is 2.84. The first-order chi connectivity index (χ1) is 8.29. The summed E-state index contributed by atoms with van der Waals surface area (Å²) >= 11 is 3.65. The summed E-state index contributed by atoms with van der Waals surface area (Å²) in [6.07, 6.45) is 5.10. The Balaban J connectivity index is 2.04. The molecule has 0 aliphatic rings.